The van der Waals surface area contributed by atoms with Crippen molar-refractivity contribution in [3.8, 4) is 0 Å². The van der Waals surface area contributed by atoms with Crippen LogP contribution < -0.4 is 11.5 Å². The highest BCUT2D eigenvalue weighted by Gasteiger charge is 2.26. The van der Waals surface area contributed by atoms with Crippen LogP contribution in [0.15, 0.2) is 42.5 Å². The normalized spacial score (nSPS) is 13.6. The summed E-state index contributed by atoms with van der Waals surface area (Å²) in [6.07, 6.45) is 0.708. The Morgan fingerprint density at radius 2 is 1.83 bits per heavy atom. The maximum atomic E-state index is 13.3. The number of ether oxygens (including phenoxy) is 1. The molecular formula is C23H27N5O2. The van der Waals surface area contributed by atoms with Crippen LogP contribution in [-0.2, 0) is 24.2 Å². The topological polar surface area (TPSA) is 107 Å². The second-order valence-electron chi connectivity index (χ2n) is 8.50. The number of hydrogen-bond donors (Lipinski definition) is 2. The van der Waals surface area contributed by atoms with Crippen molar-refractivity contribution in [2.75, 3.05) is 18.9 Å². The molecule has 0 spiro atoms. The Hall–Kier alpha value is -3.03. The molecular weight excluding hydrogens is 378 g/mol. The van der Waals surface area contributed by atoms with E-state index >= 15 is 0 Å². The molecule has 7 heteroatoms. The Morgan fingerprint density at radius 3 is 2.50 bits per heavy atom. The second kappa shape index (κ2) is 8.01. The number of benzene rings is 2. The zero-order chi connectivity index (χ0) is 21.3. The third-order valence-electron chi connectivity index (χ3n) is 5.12. The molecule has 4 N–H and O–H groups in total. The summed E-state index contributed by atoms with van der Waals surface area (Å²) in [5.74, 6) is -0.0348. The summed E-state index contributed by atoms with van der Waals surface area (Å²) < 4.78 is 5.68. The predicted molar refractivity (Wildman–Crippen MR) is 117 cm³/mol. The van der Waals surface area contributed by atoms with Crippen LogP contribution in [0.5, 0.6) is 0 Å². The quantitative estimate of drug-likeness (QED) is 0.611. The third-order valence-corrected chi connectivity index (χ3v) is 5.12. The van der Waals surface area contributed by atoms with E-state index in [1.807, 2.05) is 44.2 Å². The molecule has 156 valence electrons. The maximum Gasteiger partial charge on any atom is 0.273 e. The molecule has 2 aromatic carbocycles. The summed E-state index contributed by atoms with van der Waals surface area (Å²) in [4.78, 5) is 23.7. The Bertz CT molecular complexity index is 1070. The Morgan fingerprint density at radius 1 is 1.13 bits per heavy atom. The van der Waals surface area contributed by atoms with Crippen molar-refractivity contribution in [2.45, 2.75) is 38.9 Å². The average molecular weight is 406 g/mol. The molecule has 0 saturated carbocycles. The molecule has 0 radical (unpaired) electrons. The van der Waals surface area contributed by atoms with E-state index in [2.05, 4.69) is 22.1 Å². The molecule has 0 atom stereocenters. The summed E-state index contributed by atoms with van der Waals surface area (Å²) in [6, 6.07) is 13.9. The smallest absolute Gasteiger partial charge is 0.273 e. The predicted octanol–water partition coefficient (Wildman–Crippen LogP) is 2.66. The molecule has 2 heterocycles. The van der Waals surface area contributed by atoms with Gasteiger partial charge in [0.15, 0.2) is 0 Å². The molecule has 1 amide bonds. The van der Waals surface area contributed by atoms with Crippen molar-refractivity contribution in [3.63, 3.8) is 0 Å². The summed E-state index contributed by atoms with van der Waals surface area (Å²) in [5.41, 5.74) is 15.9. The summed E-state index contributed by atoms with van der Waals surface area (Å²) >= 11 is 0. The van der Waals surface area contributed by atoms with Gasteiger partial charge in [0, 0.05) is 24.0 Å². The standard InChI is InChI=1S/C23H27N5O2/c1-23(2,25)14-30-10-9-15-7-8-19-18(11-15)20(27-22(24)26-19)21(29)28-12-16-5-3-4-6-17(16)13-28/h3-8,11H,9-10,12-14,25H2,1-2H3,(H2,24,26,27). The summed E-state index contributed by atoms with van der Waals surface area (Å²) in [6.45, 7) is 6.04. The van der Waals surface area contributed by atoms with Gasteiger partial charge in [-0.25, -0.2) is 9.97 Å². The number of fused-ring (bicyclic) bond motifs is 2. The van der Waals surface area contributed by atoms with E-state index in [0.29, 0.717) is 49.3 Å². The van der Waals surface area contributed by atoms with Crippen LogP contribution in [0.2, 0.25) is 0 Å². The Kier molecular flexibility index (Phi) is 5.40. The first-order chi connectivity index (χ1) is 14.3. The fourth-order valence-electron chi connectivity index (χ4n) is 3.66. The SMILES string of the molecule is CC(C)(N)COCCc1ccc2nc(N)nc(C(=O)N3Cc4ccccc4C3)c2c1. The van der Waals surface area contributed by atoms with Crippen LogP contribution in [0, 0.1) is 0 Å². The van der Waals surface area contributed by atoms with Crippen LogP contribution >= 0.6 is 0 Å². The molecule has 1 aliphatic heterocycles. The molecule has 7 nitrogen and oxygen atoms in total. The van der Waals surface area contributed by atoms with E-state index in [1.165, 1.54) is 0 Å². The first-order valence-electron chi connectivity index (χ1n) is 10.1. The molecule has 0 unspecified atom stereocenters. The maximum absolute atomic E-state index is 13.3. The highest BCUT2D eigenvalue weighted by molar-refractivity contribution is 6.05. The van der Waals surface area contributed by atoms with Gasteiger partial charge in [-0.15, -0.1) is 0 Å². The fourth-order valence-corrected chi connectivity index (χ4v) is 3.66. The number of anilines is 1. The number of amides is 1. The Balaban J connectivity index is 1.57. The molecule has 3 aromatic rings. The third kappa shape index (κ3) is 4.42. The van der Waals surface area contributed by atoms with Gasteiger partial charge in [0.2, 0.25) is 5.95 Å². The highest BCUT2D eigenvalue weighted by atomic mass is 16.5. The monoisotopic (exact) mass is 405 g/mol. The lowest BCUT2D eigenvalue weighted by atomic mass is 10.1. The van der Waals surface area contributed by atoms with Crippen LogP contribution in [0.4, 0.5) is 5.95 Å². The van der Waals surface area contributed by atoms with Crippen molar-refractivity contribution in [3.05, 3.63) is 64.8 Å². The van der Waals surface area contributed by atoms with Crippen molar-refractivity contribution >= 4 is 22.8 Å². The lowest BCUT2D eigenvalue weighted by molar-refractivity contribution is 0.0747. The minimum atomic E-state index is -0.359. The summed E-state index contributed by atoms with van der Waals surface area (Å²) in [5, 5.41) is 0.710. The second-order valence-corrected chi connectivity index (χ2v) is 8.50. The van der Waals surface area contributed by atoms with E-state index in [0.717, 1.165) is 16.7 Å². The van der Waals surface area contributed by atoms with Crippen LogP contribution in [-0.4, -0.2) is 39.5 Å². The van der Waals surface area contributed by atoms with Crippen molar-refractivity contribution in [1.82, 2.24) is 14.9 Å². The zero-order valence-electron chi connectivity index (χ0n) is 17.4. The first kappa shape index (κ1) is 20.3. The van der Waals surface area contributed by atoms with Crippen LogP contribution in [0.25, 0.3) is 10.9 Å². The van der Waals surface area contributed by atoms with Crippen LogP contribution in [0.3, 0.4) is 0 Å². The van der Waals surface area contributed by atoms with Crippen molar-refractivity contribution in [1.29, 1.82) is 0 Å². The number of nitrogens with two attached hydrogens (primary N) is 2. The largest absolute Gasteiger partial charge is 0.379 e. The minimum Gasteiger partial charge on any atom is -0.379 e. The van der Waals surface area contributed by atoms with E-state index in [1.54, 1.807) is 4.90 Å². The first-order valence-corrected chi connectivity index (χ1v) is 10.1. The van der Waals surface area contributed by atoms with Gasteiger partial charge in [0.1, 0.15) is 5.69 Å². The molecule has 0 bridgehead atoms. The highest BCUT2D eigenvalue weighted by Crippen LogP contribution is 2.26. The van der Waals surface area contributed by atoms with Gasteiger partial charge in [-0.05, 0) is 49.1 Å². The number of hydrogen-bond acceptors (Lipinski definition) is 6. The van der Waals surface area contributed by atoms with Gasteiger partial charge in [-0.2, -0.15) is 0 Å². The van der Waals surface area contributed by atoms with Gasteiger partial charge in [-0.1, -0.05) is 30.3 Å². The van der Waals surface area contributed by atoms with Gasteiger partial charge >= 0.3 is 0 Å². The molecule has 1 aliphatic rings. The van der Waals surface area contributed by atoms with E-state index < -0.39 is 0 Å². The van der Waals surface area contributed by atoms with E-state index in [-0.39, 0.29) is 17.4 Å². The number of nitrogen functional groups attached to an aromatic ring is 1. The van der Waals surface area contributed by atoms with Crippen LogP contribution in [0.1, 0.15) is 41.0 Å². The lowest BCUT2D eigenvalue weighted by Gasteiger charge is -2.18. The zero-order valence-corrected chi connectivity index (χ0v) is 17.4. The molecule has 0 saturated heterocycles. The molecule has 0 aliphatic carbocycles. The molecule has 4 rings (SSSR count). The summed E-state index contributed by atoms with van der Waals surface area (Å²) in [7, 11) is 0. The van der Waals surface area contributed by atoms with E-state index in [9.17, 15) is 4.79 Å². The van der Waals surface area contributed by atoms with E-state index in [4.69, 9.17) is 16.2 Å². The number of carbonyl (C=O) groups is 1. The van der Waals surface area contributed by atoms with Gasteiger partial charge in [-0.3, -0.25) is 4.79 Å². The number of carbonyl (C=O) groups excluding carboxylic acids is 1. The fraction of sp³-hybridized carbons (Fsp3) is 0.348. The molecule has 30 heavy (non-hydrogen) atoms. The lowest BCUT2D eigenvalue weighted by Crippen LogP contribution is -2.37. The number of nitrogens with zero attached hydrogens (tertiary/aromatic N) is 3. The van der Waals surface area contributed by atoms with Gasteiger partial charge in [0.25, 0.3) is 5.91 Å². The number of aromatic nitrogens is 2. The van der Waals surface area contributed by atoms with Crippen molar-refractivity contribution < 1.29 is 9.53 Å². The molecule has 1 aromatic heterocycles. The molecule has 0 fully saturated rings. The van der Waals surface area contributed by atoms with Crippen molar-refractivity contribution in [2.24, 2.45) is 5.73 Å². The Labute approximate surface area is 176 Å². The average Bonchev–Trinajstić information content (AvgIpc) is 3.14. The van der Waals surface area contributed by atoms with Gasteiger partial charge < -0.3 is 21.1 Å². The number of rotatable bonds is 6. The minimum absolute atomic E-state index is 0.101. The van der Waals surface area contributed by atoms with Gasteiger partial charge in [0.05, 0.1) is 18.7 Å².